The van der Waals surface area contributed by atoms with E-state index >= 15 is 0 Å². The number of para-hydroxylation sites is 1. The first-order valence-corrected chi connectivity index (χ1v) is 8.17. The molecule has 1 aromatic heterocycles. The van der Waals surface area contributed by atoms with Gasteiger partial charge in [-0.2, -0.15) is 0 Å². The van der Waals surface area contributed by atoms with Crippen LogP contribution in [0.2, 0.25) is 0 Å². The molecule has 2 aromatic rings. The van der Waals surface area contributed by atoms with Crippen molar-refractivity contribution in [1.82, 2.24) is 4.90 Å². The Morgan fingerprint density at radius 1 is 1.22 bits per heavy atom. The minimum atomic E-state index is 0.0885. The van der Waals surface area contributed by atoms with Crippen LogP contribution in [-0.4, -0.2) is 15.9 Å². The minimum Gasteiger partial charge on any atom is -0.508 e. The average Bonchev–Trinajstić information content (AvgIpc) is 3.02. The van der Waals surface area contributed by atoms with Gasteiger partial charge in [-0.25, -0.2) is 0 Å². The van der Waals surface area contributed by atoms with Crippen molar-refractivity contribution in [2.45, 2.75) is 46.2 Å². The van der Waals surface area contributed by atoms with Gasteiger partial charge in [-0.05, 0) is 24.1 Å². The first kappa shape index (κ1) is 17.1. The van der Waals surface area contributed by atoms with Gasteiger partial charge in [-0.15, -0.1) is 0 Å². The van der Waals surface area contributed by atoms with Gasteiger partial charge < -0.3 is 14.4 Å². The predicted octanol–water partition coefficient (Wildman–Crippen LogP) is 4.34. The Labute approximate surface area is 137 Å². The molecule has 0 bridgehead atoms. The highest BCUT2D eigenvalue weighted by Gasteiger charge is 2.19. The van der Waals surface area contributed by atoms with Crippen molar-refractivity contribution in [1.29, 1.82) is 0 Å². The van der Waals surface area contributed by atoms with Gasteiger partial charge >= 0.3 is 0 Å². The van der Waals surface area contributed by atoms with Crippen LogP contribution >= 0.6 is 0 Å². The lowest BCUT2D eigenvalue weighted by Gasteiger charge is -2.24. The maximum atomic E-state index is 12.7. The lowest BCUT2D eigenvalue weighted by Crippen LogP contribution is -2.31. The van der Waals surface area contributed by atoms with E-state index in [2.05, 4.69) is 13.8 Å². The van der Waals surface area contributed by atoms with Crippen LogP contribution in [0.1, 0.15) is 44.4 Å². The van der Waals surface area contributed by atoms with Crippen LogP contribution < -0.4 is 0 Å². The molecule has 1 amide bonds. The first-order chi connectivity index (χ1) is 11.1. The lowest BCUT2D eigenvalue weighted by atomic mass is 10.0. The smallest absolute Gasteiger partial charge is 0.223 e. The van der Waals surface area contributed by atoms with Gasteiger partial charge in [-0.3, -0.25) is 4.79 Å². The van der Waals surface area contributed by atoms with E-state index in [4.69, 9.17) is 4.42 Å². The zero-order chi connectivity index (χ0) is 16.7. The third-order valence-corrected chi connectivity index (χ3v) is 3.94. The molecule has 4 heteroatoms. The van der Waals surface area contributed by atoms with Crippen molar-refractivity contribution in [3.05, 3.63) is 54.0 Å². The van der Waals surface area contributed by atoms with Gasteiger partial charge in [0.15, 0.2) is 0 Å². The van der Waals surface area contributed by atoms with Crippen molar-refractivity contribution in [2.24, 2.45) is 5.92 Å². The molecule has 0 aliphatic rings. The van der Waals surface area contributed by atoms with E-state index in [0.29, 0.717) is 25.4 Å². The van der Waals surface area contributed by atoms with E-state index in [1.54, 1.807) is 23.3 Å². The fourth-order valence-electron chi connectivity index (χ4n) is 2.70. The number of carbonyl (C=O) groups is 1. The molecule has 23 heavy (non-hydrogen) atoms. The van der Waals surface area contributed by atoms with Crippen molar-refractivity contribution in [3.63, 3.8) is 0 Å². The third-order valence-electron chi connectivity index (χ3n) is 3.94. The summed E-state index contributed by atoms with van der Waals surface area (Å²) < 4.78 is 5.38. The average molecular weight is 315 g/mol. The van der Waals surface area contributed by atoms with E-state index < -0.39 is 0 Å². The molecule has 0 aliphatic carbocycles. The summed E-state index contributed by atoms with van der Waals surface area (Å²) in [5.74, 6) is 1.41. The molecule has 124 valence electrons. The molecule has 0 radical (unpaired) electrons. The van der Waals surface area contributed by atoms with E-state index in [0.717, 1.165) is 24.2 Å². The molecule has 1 atom stereocenters. The quantitative estimate of drug-likeness (QED) is 0.788. The van der Waals surface area contributed by atoms with Gasteiger partial charge in [0.05, 0.1) is 12.8 Å². The fraction of sp³-hybridized carbons (Fsp3) is 0.421. The van der Waals surface area contributed by atoms with Gasteiger partial charge in [0.2, 0.25) is 5.91 Å². The van der Waals surface area contributed by atoms with Crippen LogP contribution in [0, 0.1) is 5.92 Å². The van der Waals surface area contributed by atoms with Crippen molar-refractivity contribution >= 4 is 5.91 Å². The summed E-state index contributed by atoms with van der Waals surface area (Å²) in [6, 6.07) is 10.8. The molecule has 4 nitrogen and oxygen atoms in total. The van der Waals surface area contributed by atoms with Crippen molar-refractivity contribution in [3.8, 4) is 5.75 Å². The summed E-state index contributed by atoms with van der Waals surface area (Å²) in [6.07, 6.45) is 4.24. The predicted molar refractivity (Wildman–Crippen MR) is 89.8 cm³/mol. The third kappa shape index (κ3) is 5.16. The van der Waals surface area contributed by atoms with Gasteiger partial charge in [0.1, 0.15) is 11.5 Å². The second-order valence-electron chi connectivity index (χ2n) is 6.06. The number of phenols is 1. The SMILES string of the molecule is CCC[C@H](C)CC(=O)N(Cc1ccco1)Cc1ccccc1O. The first-order valence-electron chi connectivity index (χ1n) is 8.17. The fourth-order valence-corrected chi connectivity index (χ4v) is 2.70. The summed E-state index contributed by atoms with van der Waals surface area (Å²) in [7, 11) is 0. The summed E-state index contributed by atoms with van der Waals surface area (Å²) >= 11 is 0. The van der Waals surface area contributed by atoms with E-state index in [-0.39, 0.29) is 11.7 Å². The largest absolute Gasteiger partial charge is 0.508 e. The zero-order valence-corrected chi connectivity index (χ0v) is 13.9. The molecule has 0 saturated carbocycles. The van der Waals surface area contributed by atoms with Crippen molar-refractivity contribution in [2.75, 3.05) is 0 Å². The number of rotatable bonds is 8. The topological polar surface area (TPSA) is 53.7 Å². The highest BCUT2D eigenvalue weighted by atomic mass is 16.3. The van der Waals surface area contributed by atoms with E-state index in [1.165, 1.54) is 0 Å². The number of benzene rings is 1. The van der Waals surface area contributed by atoms with Gasteiger partial charge in [-0.1, -0.05) is 44.9 Å². The van der Waals surface area contributed by atoms with Crippen LogP contribution in [0.5, 0.6) is 5.75 Å². The summed E-state index contributed by atoms with van der Waals surface area (Å²) in [4.78, 5) is 14.4. The summed E-state index contributed by atoms with van der Waals surface area (Å²) in [6.45, 7) is 5.03. The molecule has 2 rings (SSSR count). The van der Waals surface area contributed by atoms with E-state index in [9.17, 15) is 9.90 Å². The Morgan fingerprint density at radius 3 is 2.65 bits per heavy atom. The number of hydrogen-bond donors (Lipinski definition) is 1. The maximum absolute atomic E-state index is 12.7. The highest BCUT2D eigenvalue weighted by Crippen LogP contribution is 2.21. The minimum absolute atomic E-state index is 0.0885. The Balaban J connectivity index is 2.11. The van der Waals surface area contributed by atoms with Gasteiger partial charge in [0, 0.05) is 18.5 Å². The molecule has 0 fully saturated rings. The Kier molecular flexibility index (Phi) is 6.27. The highest BCUT2D eigenvalue weighted by molar-refractivity contribution is 5.76. The van der Waals surface area contributed by atoms with Crippen LogP contribution in [0.25, 0.3) is 0 Å². The molecule has 0 aliphatic heterocycles. The van der Waals surface area contributed by atoms with Crippen molar-refractivity contribution < 1.29 is 14.3 Å². The Bertz CT molecular complexity index is 607. The molecule has 1 heterocycles. The van der Waals surface area contributed by atoms with E-state index in [1.807, 2.05) is 24.3 Å². The molecule has 1 aromatic carbocycles. The molecule has 0 spiro atoms. The number of carbonyl (C=O) groups excluding carboxylic acids is 1. The Hall–Kier alpha value is -2.23. The van der Waals surface area contributed by atoms with Crippen LogP contribution in [0.15, 0.2) is 47.1 Å². The number of aromatic hydroxyl groups is 1. The normalized spacial score (nSPS) is 12.1. The molecule has 1 N–H and O–H groups in total. The lowest BCUT2D eigenvalue weighted by molar-refractivity contribution is -0.133. The van der Waals surface area contributed by atoms with Gasteiger partial charge in [0.25, 0.3) is 0 Å². The standard InChI is InChI=1S/C19H25NO3/c1-3-7-15(2)12-19(22)20(14-17-9-6-11-23-17)13-16-8-4-5-10-18(16)21/h4-6,8-11,15,21H,3,7,12-14H2,1-2H3/t15-/m0/s1. The van der Waals surface area contributed by atoms with Crippen LogP contribution in [0.3, 0.4) is 0 Å². The van der Waals surface area contributed by atoms with Crippen LogP contribution in [0.4, 0.5) is 0 Å². The zero-order valence-electron chi connectivity index (χ0n) is 13.9. The maximum Gasteiger partial charge on any atom is 0.223 e. The number of amides is 1. The summed E-state index contributed by atoms with van der Waals surface area (Å²) in [5.41, 5.74) is 0.746. The molecule has 0 saturated heterocycles. The Morgan fingerprint density at radius 2 is 2.00 bits per heavy atom. The second kappa shape index (κ2) is 8.42. The molecular weight excluding hydrogens is 290 g/mol. The number of hydrogen-bond acceptors (Lipinski definition) is 3. The molecular formula is C19H25NO3. The number of nitrogens with zero attached hydrogens (tertiary/aromatic N) is 1. The van der Waals surface area contributed by atoms with Crippen LogP contribution in [-0.2, 0) is 17.9 Å². The second-order valence-corrected chi connectivity index (χ2v) is 6.06. The summed E-state index contributed by atoms with van der Waals surface area (Å²) in [5, 5.41) is 9.97. The number of phenolic OH excluding ortho intramolecular Hbond substituents is 1. The monoisotopic (exact) mass is 315 g/mol. The number of furan rings is 1. The molecule has 0 unspecified atom stereocenters.